The summed E-state index contributed by atoms with van der Waals surface area (Å²) < 4.78 is 24.4. The number of nitrogens with one attached hydrogen (secondary N) is 1. The molecule has 1 aliphatic carbocycles. The van der Waals surface area contributed by atoms with Gasteiger partial charge in [0, 0.05) is 29.5 Å². The van der Waals surface area contributed by atoms with Crippen LogP contribution in [0.4, 0.5) is 0 Å². The summed E-state index contributed by atoms with van der Waals surface area (Å²) in [6.07, 6.45) is 18.3. The first kappa shape index (κ1) is 22.5. The minimum atomic E-state index is -3.22. The number of pyridine rings is 1. The van der Waals surface area contributed by atoms with Crippen molar-refractivity contribution in [2.45, 2.75) is 64.7 Å². The summed E-state index contributed by atoms with van der Waals surface area (Å²) in [7, 11) is -3.22. The molecule has 162 valence electrons. The molecular formula is C25H34N2O2S. The highest BCUT2D eigenvalue weighted by molar-refractivity contribution is 7.94. The molecule has 1 aliphatic rings. The molecule has 2 aromatic rings. The number of aromatic nitrogens is 2. The van der Waals surface area contributed by atoms with Crippen molar-refractivity contribution in [2.24, 2.45) is 5.92 Å². The second-order valence-electron chi connectivity index (χ2n) is 8.36. The second-order valence-corrected chi connectivity index (χ2v) is 10.4. The van der Waals surface area contributed by atoms with E-state index in [0.29, 0.717) is 10.8 Å². The standard InChI is InChI=1S/C25H34N2O2S/c1-4-10-19(5-2)17-23(24-18-21-12-9-16-26-25(21)27-24)20-11-7-6-8-13-22(15-14-20)30(3,28)29/h9,11-16,18-19,23H,4-8,10,17H2,1-3H3,(H,26,27). The summed E-state index contributed by atoms with van der Waals surface area (Å²) >= 11 is 0. The maximum atomic E-state index is 12.2. The molecule has 0 aromatic carbocycles. The van der Waals surface area contributed by atoms with E-state index in [0.717, 1.165) is 43.1 Å². The number of hydrogen-bond acceptors (Lipinski definition) is 3. The van der Waals surface area contributed by atoms with E-state index >= 15 is 0 Å². The molecule has 2 unspecified atom stereocenters. The summed E-state index contributed by atoms with van der Waals surface area (Å²) in [6.45, 7) is 4.51. The van der Waals surface area contributed by atoms with E-state index in [1.54, 1.807) is 6.08 Å². The van der Waals surface area contributed by atoms with Gasteiger partial charge < -0.3 is 4.98 Å². The van der Waals surface area contributed by atoms with Crippen molar-refractivity contribution in [3.05, 3.63) is 64.9 Å². The minimum absolute atomic E-state index is 0.200. The van der Waals surface area contributed by atoms with Crippen molar-refractivity contribution < 1.29 is 8.42 Å². The number of fused-ring (bicyclic) bond motifs is 1. The van der Waals surface area contributed by atoms with Gasteiger partial charge in [-0.2, -0.15) is 0 Å². The smallest absolute Gasteiger partial charge is 0.175 e. The largest absolute Gasteiger partial charge is 0.343 e. The monoisotopic (exact) mass is 426 g/mol. The van der Waals surface area contributed by atoms with Crippen LogP contribution in [0.25, 0.3) is 11.0 Å². The van der Waals surface area contributed by atoms with Crippen LogP contribution in [0.1, 0.15) is 70.4 Å². The molecule has 0 saturated heterocycles. The normalized spacial score (nSPS) is 17.6. The van der Waals surface area contributed by atoms with E-state index in [4.69, 9.17) is 0 Å². The third-order valence-corrected chi connectivity index (χ3v) is 7.19. The number of H-pyrrole nitrogens is 1. The minimum Gasteiger partial charge on any atom is -0.343 e. The average Bonchev–Trinajstić information content (AvgIpc) is 3.18. The van der Waals surface area contributed by atoms with Gasteiger partial charge in [-0.25, -0.2) is 13.4 Å². The number of sulfone groups is 1. The fraction of sp³-hybridized carbons (Fsp3) is 0.480. The lowest BCUT2D eigenvalue weighted by Crippen LogP contribution is -2.10. The predicted octanol–water partition coefficient (Wildman–Crippen LogP) is 6.46. The fourth-order valence-corrected chi connectivity index (χ4v) is 5.05. The molecule has 2 aromatic heterocycles. The van der Waals surface area contributed by atoms with E-state index in [1.807, 2.05) is 24.4 Å². The Kier molecular flexibility index (Phi) is 7.70. The lowest BCUT2D eigenvalue weighted by molar-refractivity contribution is 0.409. The maximum Gasteiger partial charge on any atom is 0.175 e. The Hall–Kier alpha value is -2.14. The van der Waals surface area contributed by atoms with E-state index < -0.39 is 9.84 Å². The third-order valence-electron chi connectivity index (χ3n) is 6.04. The number of rotatable bonds is 8. The van der Waals surface area contributed by atoms with Gasteiger partial charge in [0.15, 0.2) is 9.84 Å². The van der Waals surface area contributed by atoms with Gasteiger partial charge in [-0.15, -0.1) is 0 Å². The van der Waals surface area contributed by atoms with Crippen LogP contribution in [0, 0.1) is 5.92 Å². The van der Waals surface area contributed by atoms with Crippen LogP contribution in [0.15, 0.2) is 59.2 Å². The number of nitrogens with zero attached hydrogens (tertiary/aromatic N) is 1. The zero-order valence-corrected chi connectivity index (χ0v) is 19.2. The van der Waals surface area contributed by atoms with Crippen molar-refractivity contribution in [3.63, 3.8) is 0 Å². The Morgan fingerprint density at radius 1 is 1.17 bits per heavy atom. The van der Waals surface area contributed by atoms with E-state index in [2.05, 4.69) is 42.0 Å². The maximum absolute atomic E-state index is 12.2. The predicted molar refractivity (Wildman–Crippen MR) is 126 cm³/mol. The average molecular weight is 427 g/mol. The summed E-state index contributed by atoms with van der Waals surface area (Å²) in [5.74, 6) is 0.831. The Labute approximate surface area is 181 Å². The summed E-state index contributed by atoms with van der Waals surface area (Å²) in [5, 5.41) is 1.12. The SMILES string of the molecule is CCCC(CC)CC(C1=CCCCC=C(S(C)(=O)=O)C=C1)c1cc2cccnc2[nH]1. The van der Waals surface area contributed by atoms with Gasteiger partial charge in [0.1, 0.15) is 5.65 Å². The highest BCUT2D eigenvalue weighted by Crippen LogP contribution is 2.36. The van der Waals surface area contributed by atoms with E-state index in [9.17, 15) is 8.42 Å². The van der Waals surface area contributed by atoms with Gasteiger partial charge in [-0.3, -0.25) is 0 Å². The molecule has 0 bridgehead atoms. The molecular weight excluding hydrogens is 392 g/mol. The van der Waals surface area contributed by atoms with Crippen molar-refractivity contribution in [3.8, 4) is 0 Å². The first-order chi connectivity index (χ1) is 14.4. The molecule has 2 atom stereocenters. The molecule has 0 fully saturated rings. The molecule has 0 saturated carbocycles. The topological polar surface area (TPSA) is 62.8 Å². The van der Waals surface area contributed by atoms with Gasteiger partial charge in [0.05, 0.1) is 4.91 Å². The zero-order valence-electron chi connectivity index (χ0n) is 18.4. The number of allylic oxidation sites excluding steroid dienone is 5. The molecule has 0 spiro atoms. The Morgan fingerprint density at radius 2 is 1.97 bits per heavy atom. The number of aromatic amines is 1. The van der Waals surface area contributed by atoms with Crippen LogP contribution in [0.5, 0.6) is 0 Å². The summed E-state index contributed by atoms with van der Waals surface area (Å²) in [5.41, 5.74) is 3.27. The number of hydrogen-bond donors (Lipinski definition) is 1. The molecule has 0 radical (unpaired) electrons. The van der Waals surface area contributed by atoms with Crippen LogP contribution in [0.3, 0.4) is 0 Å². The van der Waals surface area contributed by atoms with Crippen LogP contribution in [-0.2, 0) is 9.84 Å². The first-order valence-electron chi connectivity index (χ1n) is 11.1. The molecule has 3 rings (SSSR count). The molecule has 5 heteroatoms. The van der Waals surface area contributed by atoms with Gasteiger partial charge in [0.2, 0.25) is 0 Å². The highest BCUT2D eigenvalue weighted by atomic mass is 32.2. The van der Waals surface area contributed by atoms with Gasteiger partial charge in [-0.1, -0.05) is 51.3 Å². The molecule has 30 heavy (non-hydrogen) atoms. The molecule has 1 N–H and O–H groups in total. The van der Waals surface area contributed by atoms with Crippen molar-refractivity contribution in [1.29, 1.82) is 0 Å². The second kappa shape index (κ2) is 10.3. The quantitative estimate of drug-likeness (QED) is 0.527. The van der Waals surface area contributed by atoms with Crippen molar-refractivity contribution in [1.82, 2.24) is 9.97 Å². The van der Waals surface area contributed by atoms with E-state index in [-0.39, 0.29) is 5.92 Å². The molecule has 0 aliphatic heterocycles. The van der Waals surface area contributed by atoms with Crippen LogP contribution < -0.4 is 0 Å². The van der Waals surface area contributed by atoms with Crippen LogP contribution >= 0.6 is 0 Å². The van der Waals surface area contributed by atoms with Crippen molar-refractivity contribution in [2.75, 3.05) is 6.26 Å². The lowest BCUT2D eigenvalue weighted by Gasteiger charge is -2.23. The zero-order chi connectivity index (χ0) is 21.6. The van der Waals surface area contributed by atoms with Gasteiger partial charge in [0.25, 0.3) is 0 Å². The van der Waals surface area contributed by atoms with Gasteiger partial charge >= 0.3 is 0 Å². The van der Waals surface area contributed by atoms with Crippen molar-refractivity contribution >= 4 is 20.9 Å². The Morgan fingerprint density at radius 3 is 2.67 bits per heavy atom. The van der Waals surface area contributed by atoms with Gasteiger partial charge in [-0.05, 0) is 61.4 Å². The summed E-state index contributed by atoms with van der Waals surface area (Å²) in [4.78, 5) is 8.44. The fourth-order valence-electron chi connectivity index (χ4n) is 4.32. The third kappa shape index (κ3) is 5.72. The van der Waals surface area contributed by atoms with E-state index in [1.165, 1.54) is 30.4 Å². The van der Waals surface area contributed by atoms with Crippen LogP contribution in [0.2, 0.25) is 0 Å². The summed E-state index contributed by atoms with van der Waals surface area (Å²) in [6, 6.07) is 6.25. The Bertz CT molecular complexity index is 1010. The molecule has 2 heterocycles. The molecule has 0 amide bonds. The first-order valence-corrected chi connectivity index (χ1v) is 13.0. The molecule has 4 nitrogen and oxygen atoms in total. The van der Waals surface area contributed by atoms with Crippen LogP contribution in [-0.4, -0.2) is 24.6 Å². The lowest BCUT2D eigenvalue weighted by atomic mass is 9.82. The Balaban J connectivity index is 2.03. The highest BCUT2D eigenvalue weighted by Gasteiger charge is 2.22.